The molecule has 0 unspecified atom stereocenters. The largest absolute Gasteiger partial charge is 0.391 e. The quantitative estimate of drug-likeness (QED) is 0.187. The van der Waals surface area contributed by atoms with Gasteiger partial charge in [0.2, 0.25) is 5.91 Å². The minimum absolute atomic E-state index is 0.00181. The number of carbonyl (C=O) groups excluding carboxylic acids is 3. The SMILES string of the molecule is [B]C([B])(OCCOCCC(=O)NO)C([B])([B])N1C(=O)c2cccc3cccc(c23)C1=O. The van der Waals surface area contributed by atoms with E-state index in [4.69, 9.17) is 46.1 Å². The first kappa shape index (κ1) is 23.1. The fourth-order valence-electron chi connectivity index (χ4n) is 3.25. The van der Waals surface area contributed by atoms with E-state index in [0.29, 0.717) is 15.7 Å². The van der Waals surface area contributed by atoms with Gasteiger partial charge in [0, 0.05) is 16.5 Å². The molecule has 1 aliphatic rings. The molecule has 3 amide bonds. The van der Waals surface area contributed by atoms with Crippen LogP contribution in [0.25, 0.3) is 10.8 Å². The van der Waals surface area contributed by atoms with E-state index in [2.05, 4.69) is 0 Å². The Labute approximate surface area is 184 Å². The summed E-state index contributed by atoms with van der Waals surface area (Å²) in [6, 6.07) is 10.0. The average molecular weight is 412 g/mol. The zero-order valence-electron chi connectivity index (χ0n) is 16.5. The summed E-state index contributed by atoms with van der Waals surface area (Å²) in [4.78, 5) is 37.7. The number of nitrogens with one attached hydrogen (secondary N) is 1. The summed E-state index contributed by atoms with van der Waals surface area (Å²) >= 11 is 0. The van der Waals surface area contributed by atoms with E-state index in [-0.39, 0.29) is 37.4 Å². The number of ether oxygens (including phenoxy) is 2. The van der Waals surface area contributed by atoms with E-state index in [1.165, 1.54) is 5.48 Å². The average Bonchev–Trinajstić information content (AvgIpc) is 2.73. The molecule has 8 radical (unpaired) electrons. The van der Waals surface area contributed by atoms with E-state index in [0.717, 1.165) is 0 Å². The van der Waals surface area contributed by atoms with Crippen LogP contribution in [0.3, 0.4) is 0 Å². The molecule has 12 heteroatoms. The Morgan fingerprint density at radius 3 is 2.10 bits per heavy atom. The Morgan fingerprint density at radius 1 is 0.968 bits per heavy atom. The van der Waals surface area contributed by atoms with Gasteiger partial charge >= 0.3 is 0 Å². The van der Waals surface area contributed by atoms with Gasteiger partial charge in [0.25, 0.3) is 11.8 Å². The molecule has 150 valence electrons. The van der Waals surface area contributed by atoms with Crippen molar-refractivity contribution >= 4 is 59.9 Å². The molecule has 8 nitrogen and oxygen atoms in total. The van der Waals surface area contributed by atoms with Gasteiger partial charge in [-0.05, 0) is 28.3 Å². The van der Waals surface area contributed by atoms with Gasteiger partial charge in [-0.15, -0.1) is 0 Å². The smallest absolute Gasteiger partial charge is 0.260 e. The molecule has 0 fully saturated rings. The van der Waals surface area contributed by atoms with Crippen molar-refractivity contribution in [3.8, 4) is 0 Å². The highest BCUT2D eigenvalue weighted by Crippen LogP contribution is 2.34. The second kappa shape index (κ2) is 8.90. The van der Waals surface area contributed by atoms with Crippen LogP contribution < -0.4 is 5.48 Å². The van der Waals surface area contributed by atoms with Crippen LogP contribution in [0.5, 0.6) is 0 Å². The second-order valence-corrected chi connectivity index (χ2v) is 7.02. The highest BCUT2D eigenvalue weighted by Gasteiger charge is 2.48. The molecule has 1 heterocycles. The number of hydroxylamine groups is 1. The molecule has 2 aromatic rings. The number of hydrogen-bond donors (Lipinski definition) is 2. The predicted octanol–water partition coefficient (Wildman–Crippen LogP) is -0.654. The number of imide groups is 1. The summed E-state index contributed by atoms with van der Waals surface area (Å²) < 4.78 is 10.5. The van der Waals surface area contributed by atoms with Crippen molar-refractivity contribution in [3.63, 3.8) is 0 Å². The first-order valence-corrected chi connectivity index (χ1v) is 9.32. The number of amides is 3. The normalized spacial score (nSPS) is 14.2. The number of benzene rings is 2. The number of hydrogen-bond acceptors (Lipinski definition) is 6. The lowest BCUT2D eigenvalue weighted by Gasteiger charge is -2.51. The molecule has 0 atom stereocenters. The standard InChI is InChI=1S/C19H16B4N2O6/c20-18(21,19(22,23)31-10-9-30-8-7-14(26)24-29)25-16(27)12-5-1-3-11-4-2-6-13(15(11)12)17(25)28/h1-6,29H,7-10H2,(H,24,26). The third kappa shape index (κ3) is 4.28. The molecule has 0 aliphatic carbocycles. The van der Waals surface area contributed by atoms with Gasteiger partial charge < -0.3 is 9.47 Å². The Bertz CT molecular complexity index is 979. The zero-order valence-corrected chi connectivity index (χ0v) is 16.5. The van der Waals surface area contributed by atoms with Crippen LogP contribution >= 0.6 is 0 Å². The predicted molar refractivity (Wildman–Crippen MR) is 114 cm³/mol. The number of carbonyl (C=O) groups is 3. The topological polar surface area (TPSA) is 105 Å². The van der Waals surface area contributed by atoms with Crippen LogP contribution in [-0.4, -0.2) is 89.8 Å². The molecule has 0 aromatic heterocycles. The Morgan fingerprint density at radius 2 is 1.55 bits per heavy atom. The molecule has 2 N–H and O–H groups in total. The summed E-state index contributed by atoms with van der Waals surface area (Å²) in [6.07, 6.45) is -0.0770. The van der Waals surface area contributed by atoms with Gasteiger partial charge in [0.05, 0.1) is 41.9 Å². The fraction of sp³-hybridized carbons (Fsp3) is 0.316. The number of rotatable bonds is 9. The van der Waals surface area contributed by atoms with Crippen molar-refractivity contribution in [2.75, 3.05) is 19.8 Å². The van der Waals surface area contributed by atoms with Crippen molar-refractivity contribution in [1.29, 1.82) is 0 Å². The van der Waals surface area contributed by atoms with Crippen LogP contribution in [-0.2, 0) is 14.3 Å². The molecule has 0 saturated heterocycles. The number of nitrogens with zero attached hydrogens (tertiary/aromatic N) is 1. The highest BCUT2D eigenvalue weighted by atomic mass is 16.5. The van der Waals surface area contributed by atoms with Gasteiger partial charge in [-0.2, -0.15) is 0 Å². The summed E-state index contributed by atoms with van der Waals surface area (Å²) in [5.41, 5.74) is 1.93. The van der Waals surface area contributed by atoms with E-state index < -0.39 is 28.5 Å². The molecule has 0 saturated carbocycles. The monoisotopic (exact) mass is 412 g/mol. The van der Waals surface area contributed by atoms with Gasteiger partial charge in [-0.1, -0.05) is 24.3 Å². The van der Waals surface area contributed by atoms with Gasteiger partial charge in [0.15, 0.2) is 0 Å². The van der Waals surface area contributed by atoms with E-state index in [1.807, 2.05) is 0 Å². The molecule has 3 rings (SSSR count). The minimum atomic E-state index is -2.41. The van der Waals surface area contributed by atoms with Crippen molar-refractivity contribution in [1.82, 2.24) is 10.4 Å². The lowest BCUT2D eigenvalue weighted by Crippen LogP contribution is -2.71. The molecule has 0 spiro atoms. The van der Waals surface area contributed by atoms with E-state index in [1.54, 1.807) is 36.4 Å². The maximum atomic E-state index is 13.1. The van der Waals surface area contributed by atoms with Crippen LogP contribution in [0, 0.1) is 0 Å². The van der Waals surface area contributed by atoms with Crippen LogP contribution in [0.2, 0.25) is 0 Å². The third-order valence-electron chi connectivity index (χ3n) is 4.93. The van der Waals surface area contributed by atoms with Crippen molar-refractivity contribution in [3.05, 3.63) is 47.5 Å². The van der Waals surface area contributed by atoms with Crippen LogP contribution in [0.15, 0.2) is 36.4 Å². The first-order valence-electron chi connectivity index (χ1n) is 9.32. The Hall–Kier alpha value is -2.55. The second-order valence-electron chi connectivity index (χ2n) is 7.02. The van der Waals surface area contributed by atoms with Crippen LogP contribution in [0.1, 0.15) is 27.1 Å². The van der Waals surface area contributed by atoms with Crippen molar-refractivity contribution in [2.24, 2.45) is 0 Å². The summed E-state index contributed by atoms with van der Waals surface area (Å²) in [7, 11) is 24.1. The molecule has 31 heavy (non-hydrogen) atoms. The Balaban J connectivity index is 1.75. The van der Waals surface area contributed by atoms with Gasteiger partial charge in [-0.25, -0.2) is 5.48 Å². The molecule has 0 bridgehead atoms. The Kier molecular flexibility index (Phi) is 6.64. The minimum Gasteiger partial charge on any atom is -0.391 e. The summed E-state index contributed by atoms with van der Waals surface area (Å²) in [5, 5.41) is 4.88. The zero-order chi connectivity index (χ0) is 22.8. The highest BCUT2D eigenvalue weighted by molar-refractivity contribution is 6.55. The summed E-state index contributed by atoms with van der Waals surface area (Å²) in [6.45, 7) is -0.251. The van der Waals surface area contributed by atoms with Crippen molar-refractivity contribution in [2.45, 2.75) is 17.2 Å². The lowest BCUT2D eigenvalue weighted by atomic mass is 9.39. The van der Waals surface area contributed by atoms with E-state index in [9.17, 15) is 14.4 Å². The lowest BCUT2D eigenvalue weighted by molar-refractivity contribution is -0.130. The third-order valence-corrected chi connectivity index (χ3v) is 4.93. The molecular formula is C19H16B4N2O6. The van der Waals surface area contributed by atoms with Gasteiger partial charge in [-0.3, -0.25) is 24.5 Å². The van der Waals surface area contributed by atoms with Crippen LogP contribution in [0.4, 0.5) is 0 Å². The maximum Gasteiger partial charge on any atom is 0.260 e. The molecule has 2 aromatic carbocycles. The van der Waals surface area contributed by atoms with E-state index >= 15 is 0 Å². The molecular weight excluding hydrogens is 395 g/mol. The molecule has 1 aliphatic heterocycles. The maximum absolute atomic E-state index is 13.1. The fourth-order valence-corrected chi connectivity index (χ4v) is 3.25. The van der Waals surface area contributed by atoms with Gasteiger partial charge in [0.1, 0.15) is 15.7 Å². The first-order chi connectivity index (χ1) is 14.6. The van der Waals surface area contributed by atoms with Crippen molar-refractivity contribution < 1.29 is 29.1 Å². The summed E-state index contributed by atoms with van der Waals surface area (Å²) in [5.74, 6) is -2.13.